The summed E-state index contributed by atoms with van der Waals surface area (Å²) in [6.07, 6.45) is 7.56. The van der Waals surface area contributed by atoms with Crippen molar-refractivity contribution in [3.05, 3.63) is 109 Å². The van der Waals surface area contributed by atoms with Gasteiger partial charge in [0.1, 0.15) is 22.3 Å². The molecule has 0 aliphatic carbocycles. The molecule has 3 aromatic heterocycles. The number of thiazole rings is 1. The summed E-state index contributed by atoms with van der Waals surface area (Å²) in [5, 5.41) is 7.18. The maximum Gasteiger partial charge on any atom is 0.332 e. The van der Waals surface area contributed by atoms with Crippen molar-refractivity contribution >= 4 is 62.9 Å². The Kier molecular flexibility index (Phi) is 11.8. The van der Waals surface area contributed by atoms with Crippen LogP contribution >= 0.6 is 22.9 Å². The van der Waals surface area contributed by atoms with Crippen LogP contribution in [-0.2, 0) is 4.79 Å². The number of nitrogens with one attached hydrogen (secondary N) is 3. The quantitative estimate of drug-likeness (QED) is 0.155. The van der Waals surface area contributed by atoms with E-state index < -0.39 is 11.2 Å². The van der Waals surface area contributed by atoms with Crippen LogP contribution in [0.2, 0.25) is 5.02 Å². The second kappa shape index (κ2) is 17.3. The van der Waals surface area contributed by atoms with Gasteiger partial charge < -0.3 is 25.3 Å². The number of H-pyrrole nitrogens is 1. The molecule has 15 nitrogen and oxygen atoms in total. The summed E-state index contributed by atoms with van der Waals surface area (Å²) in [6.45, 7) is 11.6. The van der Waals surface area contributed by atoms with Crippen LogP contribution in [-0.4, -0.2) is 105 Å². The average molecular weight is 838 g/mol. The predicted octanol–water partition coefficient (Wildman–Crippen LogP) is 5.46. The minimum absolute atomic E-state index is 0.178. The largest absolute Gasteiger partial charge is 0.371 e. The third-order valence-electron chi connectivity index (χ3n) is 11.7. The Hall–Kier alpha value is -5.58. The van der Waals surface area contributed by atoms with Crippen molar-refractivity contribution in [2.75, 3.05) is 79.3 Å². The lowest BCUT2D eigenvalue weighted by Gasteiger charge is -2.40. The Morgan fingerprint density at radius 2 is 1.64 bits per heavy atom. The van der Waals surface area contributed by atoms with Crippen LogP contribution in [0, 0.1) is 19.3 Å². The van der Waals surface area contributed by atoms with Gasteiger partial charge in [0.05, 0.1) is 22.6 Å². The van der Waals surface area contributed by atoms with Gasteiger partial charge >= 0.3 is 5.69 Å². The molecule has 308 valence electrons. The number of aromatic amines is 1. The smallest absolute Gasteiger partial charge is 0.332 e. The van der Waals surface area contributed by atoms with E-state index in [1.807, 2.05) is 56.3 Å². The van der Waals surface area contributed by atoms with Crippen molar-refractivity contribution in [3.8, 4) is 5.69 Å². The van der Waals surface area contributed by atoms with Gasteiger partial charge in [-0.05, 0) is 87.4 Å². The Morgan fingerprint density at radius 1 is 0.898 bits per heavy atom. The zero-order valence-corrected chi connectivity index (χ0v) is 34.8. The zero-order chi connectivity index (χ0) is 41.1. The Labute approximate surface area is 351 Å². The number of nitrogens with zero attached hydrogens (tertiary/aromatic N) is 8. The lowest BCUT2D eigenvalue weighted by Crippen LogP contribution is -2.47. The van der Waals surface area contributed by atoms with Crippen molar-refractivity contribution in [2.45, 2.75) is 46.0 Å². The van der Waals surface area contributed by atoms with Gasteiger partial charge in [0.25, 0.3) is 11.5 Å². The first kappa shape index (κ1) is 40.2. The van der Waals surface area contributed by atoms with Gasteiger partial charge in [0.15, 0.2) is 5.13 Å². The molecule has 1 spiro atoms. The molecule has 2 amide bonds. The summed E-state index contributed by atoms with van der Waals surface area (Å²) < 4.78 is 1.43. The van der Waals surface area contributed by atoms with E-state index in [2.05, 4.69) is 45.2 Å². The number of anilines is 5. The Bertz CT molecular complexity index is 2420. The number of hydrogen-bond acceptors (Lipinski definition) is 12. The molecule has 0 atom stereocenters. The molecule has 5 aromatic rings. The lowest BCUT2D eigenvalue weighted by atomic mass is 9.77. The SMILES string of the molecule is Cc1nc(Nc2ncc(C(=O)Nc3c(C)cccc3Cl)s2)cc(N2CCN(CCCC(=O)N3CCC4(CCN(c5ccc(-n6ccc(=O)[nH]c6=O)cc5)CC4)C3)CC2)n1. The fourth-order valence-electron chi connectivity index (χ4n) is 8.34. The molecular formula is C42H48ClN11O4S. The number of rotatable bonds is 11. The molecule has 3 saturated heterocycles. The van der Waals surface area contributed by atoms with Gasteiger partial charge in [-0.3, -0.25) is 28.8 Å². The molecular weight excluding hydrogens is 790 g/mol. The monoisotopic (exact) mass is 837 g/mol. The highest BCUT2D eigenvalue weighted by molar-refractivity contribution is 7.17. The number of piperidine rings is 1. The van der Waals surface area contributed by atoms with E-state index in [0.29, 0.717) is 44.5 Å². The van der Waals surface area contributed by atoms with E-state index in [-0.39, 0.29) is 17.2 Å². The summed E-state index contributed by atoms with van der Waals surface area (Å²) in [5.74, 6) is 2.07. The summed E-state index contributed by atoms with van der Waals surface area (Å²) in [4.78, 5) is 75.5. The predicted molar refractivity (Wildman–Crippen MR) is 232 cm³/mol. The van der Waals surface area contributed by atoms with Crippen LogP contribution in [0.3, 0.4) is 0 Å². The van der Waals surface area contributed by atoms with E-state index >= 15 is 0 Å². The fourth-order valence-corrected chi connectivity index (χ4v) is 9.33. The van der Waals surface area contributed by atoms with Crippen LogP contribution in [0.25, 0.3) is 5.69 Å². The molecule has 17 heteroatoms. The normalized spacial score (nSPS) is 16.8. The molecule has 2 aromatic carbocycles. The van der Waals surface area contributed by atoms with Crippen LogP contribution in [0.5, 0.6) is 0 Å². The summed E-state index contributed by atoms with van der Waals surface area (Å²) in [7, 11) is 0. The minimum atomic E-state index is -0.456. The van der Waals surface area contributed by atoms with Crippen molar-refractivity contribution < 1.29 is 9.59 Å². The number of para-hydroxylation sites is 1. The number of carbonyl (C=O) groups is 2. The molecule has 0 radical (unpaired) electrons. The van der Waals surface area contributed by atoms with Crippen LogP contribution < -0.4 is 31.7 Å². The van der Waals surface area contributed by atoms with Gasteiger partial charge in [-0.25, -0.2) is 19.7 Å². The number of benzene rings is 2. The topological polar surface area (TPSA) is 165 Å². The van der Waals surface area contributed by atoms with Gasteiger partial charge in [-0.15, -0.1) is 0 Å². The van der Waals surface area contributed by atoms with Gasteiger partial charge in [-0.1, -0.05) is 35.1 Å². The standard InChI is InChI=1S/C42H48ClN11O4S/c1-28-5-3-6-32(43)38(28)49-39(57)33-26-44-40(59-33)47-34-25-35(46-29(2)45-34)52-23-21-50(22-24-52)16-4-7-37(56)53-20-15-42(27-53)13-18-51(19-14-42)30-8-10-31(11-9-30)54-17-12-36(55)48-41(54)58/h3,5-6,8-12,17,25-26H,4,7,13-16,18-24,27H2,1-2H3,(H,49,57)(H,48,55,58)(H,44,45,46,47). The number of amides is 2. The maximum absolute atomic E-state index is 13.4. The van der Waals surface area contributed by atoms with E-state index in [4.69, 9.17) is 16.6 Å². The van der Waals surface area contributed by atoms with Gasteiger partial charge in [0.2, 0.25) is 5.91 Å². The summed E-state index contributed by atoms with van der Waals surface area (Å²) >= 11 is 7.54. The highest BCUT2D eigenvalue weighted by Crippen LogP contribution is 2.41. The second-order valence-electron chi connectivity index (χ2n) is 15.7. The number of piperazine rings is 1. The molecule has 6 heterocycles. The Balaban J connectivity index is 0.759. The first-order valence-corrected chi connectivity index (χ1v) is 21.3. The van der Waals surface area contributed by atoms with Crippen molar-refractivity contribution in [2.24, 2.45) is 5.41 Å². The number of aromatic nitrogens is 5. The summed E-state index contributed by atoms with van der Waals surface area (Å²) in [5.41, 5.74) is 2.59. The highest BCUT2D eigenvalue weighted by atomic mass is 35.5. The fraction of sp³-hybridized carbons (Fsp3) is 0.405. The Morgan fingerprint density at radius 3 is 2.39 bits per heavy atom. The van der Waals surface area contributed by atoms with E-state index in [9.17, 15) is 19.2 Å². The number of aryl methyl sites for hydroxylation is 2. The first-order chi connectivity index (χ1) is 28.5. The van der Waals surface area contributed by atoms with Crippen molar-refractivity contribution in [3.63, 3.8) is 0 Å². The second-order valence-corrected chi connectivity index (χ2v) is 17.1. The molecule has 8 rings (SSSR count). The first-order valence-electron chi connectivity index (χ1n) is 20.1. The third kappa shape index (κ3) is 9.34. The number of carbonyl (C=O) groups excluding carboxylic acids is 2. The molecule has 3 fully saturated rings. The van der Waals surface area contributed by atoms with Gasteiger partial charge in [-0.2, -0.15) is 0 Å². The van der Waals surface area contributed by atoms with Crippen LogP contribution in [0.1, 0.15) is 53.2 Å². The van der Waals surface area contributed by atoms with Crippen LogP contribution in [0.15, 0.2) is 76.6 Å². The molecule has 3 aliphatic rings. The lowest BCUT2D eigenvalue weighted by molar-refractivity contribution is -0.130. The summed E-state index contributed by atoms with van der Waals surface area (Å²) in [6, 6.07) is 16.6. The number of halogens is 1. The molecule has 0 bridgehead atoms. The zero-order valence-electron chi connectivity index (χ0n) is 33.2. The van der Waals surface area contributed by atoms with Crippen molar-refractivity contribution in [1.82, 2.24) is 34.3 Å². The third-order valence-corrected chi connectivity index (χ3v) is 13.0. The molecule has 0 unspecified atom stereocenters. The highest BCUT2D eigenvalue weighted by Gasteiger charge is 2.42. The van der Waals surface area contributed by atoms with Gasteiger partial charge in [0, 0.05) is 82.8 Å². The van der Waals surface area contributed by atoms with E-state index in [0.717, 1.165) is 102 Å². The van der Waals surface area contributed by atoms with Crippen LogP contribution in [0.4, 0.5) is 28.1 Å². The molecule has 3 N–H and O–H groups in total. The maximum atomic E-state index is 13.4. The number of likely N-dealkylation sites (tertiary alicyclic amines) is 1. The van der Waals surface area contributed by atoms with E-state index in [1.165, 1.54) is 34.4 Å². The van der Waals surface area contributed by atoms with Crippen molar-refractivity contribution in [1.29, 1.82) is 0 Å². The minimum Gasteiger partial charge on any atom is -0.371 e. The van der Waals surface area contributed by atoms with E-state index in [1.54, 1.807) is 6.07 Å². The average Bonchev–Trinajstić information content (AvgIpc) is 3.87. The number of hydrogen-bond donors (Lipinski definition) is 3. The molecule has 3 aliphatic heterocycles. The molecule has 59 heavy (non-hydrogen) atoms. The molecule has 0 saturated carbocycles.